The van der Waals surface area contributed by atoms with Crippen molar-refractivity contribution in [3.63, 3.8) is 0 Å². The predicted octanol–water partition coefficient (Wildman–Crippen LogP) is 1.42. The van der Waals surface area contributed by atoms with Crippen LogP contribution in [-0.4, -0.2) is 59.9 Å². The number of carbonyl (C=O) groups excluding carboxylic acids is 1. The van der Waals surface area contributed by atoms with E-state index >= 15 is 0 Å². The summed E-state index contributed by atoms with van der Waals surface area (Å²) in [6.45, 7) is 2.65. The molecule has 0 N–H and O–H groups in total. The number of aromatic nitrogens is 2. The SMILES string of the molecule is O=C(CSc1nnc(-c2ccc3c(c2)OCO3)o1)N1CCOCC1. The lowest BCUT2D eigenvalue weighted by atomic mass is 10.2. The summed E-state index contributed by atoms with van der Waals surface area (Å²) in [5.74, 6) is 2.05. The van der Waals surface area contributed by atoms with Gasteiger partial charge in [0.25, 0.3) is 5.22 Å². The molecule has 9 heteroatoms. The van der Waals surface area contributed by atoms with Crippen LogP contribution < -0.4 is 9.47 Å². The van der Waals surface area contributed by atoms with Gasteiger partial charge in [-0.05, 0) is 18.2 Å². The highest BCUT2D eigenvalue weighted by atomic mass is 32.2. The van der Waals surface area contributed by atoms with Gasteiger partial charge in [-0.3, -0.25) is 4.79 Å². The van der Waals surface area contributed by atoms with Crippen molar-refractivity contribution in [1.29, 1.82) is 0 Å². The average molecular weight is 349 g/mol. The molecule has 2 aliphatic heterocycles. The number of hydrogen-bond donors (Lipinski definition) is 0. The van der Waals surface area contributed by atoms with Crippen LogP contribution in [0.4, 0.5) is 0 Å². The number of carbonyl (C=O) groups is 1. The van der Waals surface area contributed by atoms with Crippen LogP contribution in [0, 0.1) is 0 Å². The molecule has 1 aromatic carbocycles. The van der Waals surface area contributed by atoms with E-state index in [2.05, 4.69) is 10.2 Å². The highest BCUT2D eigenvalue weighted by Gasteiger charge is 2.19. The van der Waals surface area contributed by atoms with Gasteiger partial charge < -0.3 is 23.5 Å². The van der Waals surface area contributed by atoms with Gasteiger partial charge in [-0.15, -0.1) is 10.2 Å². The molecule has 126 valence electrons. The summed E-state index contributed by atoms with van der Waals surface area (Å²) in [6, 6.07) is 5.42. The van der Waals surface area contributed by atoms with Gasteiger partial charge >= 0.3 is 0 Å². The van der Waals surface area contributed by atoms with Crippen LogP contribution >= 0.6 is 11.8 Å². The second kappa shape index (κ2) is 6.70. The first kappa shape index (κ1) is 15.3. The van der Waals surface area contributed by atoms with Gasteiger partial charge in [-0.25, -0.2) is 0 Å². The Bertz CT molecular complexity index is 744. The number of nitrogens with zero attached hydrogens (tertiary/aromatic N) is 3. The minimum Gasteiger partial charge on any atom is -0.454 e. The first-order chi connectivity index (χ1) is 11.8. The van der Waals surface area contributed by atoms with Gasteiger partial charge in [-0.1, -0.05) is 11.8 Å². The summed E-state index contributed by atoms with van der Waals surface area (Å²) in [5.41, 5.74) is 0.748. The quantitative estimate of drug-likeness (QED) is 0.766. The van der Waals surface area contributed by atoms with Crippen molar-refractivity contribution < 1.29 is 23.4 Å². The molecular formula is C15H15N3O5S. The van der Waals surface area contributed by atoms with Crippen molar-refractivity contribution in [3.05, 3.63) is 18.2 Å². The fourth-order valence-corrected chi connectivity index (χ4v) is 3.11. The summed E-state index contributed by atoms with van der Waals surface area (Å²) in [6.07, 6.45) is 0. The van der Waals surface area contributed by atoms with Gasteiger partial charge in [0.2, 0.25) is 18.6 Å². The maximum Gasteiger partial charge on any atom is 0.277 e. The third kappa shape index (κ3) is 3.17. The Morgan fingerprint density at radius 3 is 2.88 bits per heavy atom. The van der Waals surface area contributed by atoms with Crippen LogP contribution in [-0.2, 0) is 9.53 Å². The lowest BCUT2D eigenvalue weighted by Crippen LogP contribution is -2.41. The maximum atomic E-state index is 12.1. The topological polar surface area (TPSA) is 86.9 Å². The van der Waals surface area contributed by atoms with E-state index in [0.717, 1.165) is 5.56 Å². The zero-order valence-corrected chi connectivity index (χ0v) is 13.6. The molecule has 0 unspecified atom stereocenters. The minimum absolute atomic E-state index is 0.0473. The molecule has 1 aromatic heterocycles. The van der Waals surface area contributed by atoms with E-state index in [4.69, 9.17) is 18.6 Å². The lowest BCUT2D eigenvalue weighted by molar-refractivity contribution is -0.132. The van der Waals surface area contributed by atoms with Crippen molar-refractivity contribution in [2.45, 2.75) is 5.22 Å². The van der Waals surface area contributed by atoms with Gasteiger partial charge in [-0.2, -0.15) is 0 Å². The molecule has 1 fully saturated rings. The van der Waals surface area contributed by atoms with Gasteiger partial charge in [0.1, 0.15) is 0 Å². The Labute approximate surface area is 142 Å². The summed E-state index contributed by atoms with van der Waals surface area (Å²) in [7, 11) is 0. The van der Waals surface area contributed by atoms with Crippen LogP contribution in [0.1, 0.15) is 0 Å². The van der Waals surface area contributed by atoms with E-state index in [-0.39, 0.29) is 18.5 Å². The summed E-state index contributed by atoms with van der Waals surface area (Å²) in [5, 5.41) is 8.37. The first-order valence-electron chi connectivity index (χ1n) is 7.51. The fourth-order valence-electron chi connectivity index (χ4n) is 2.44. The molecule has 0 atom stereocenters. The third-order valence-corrected chi connectivity index (χ3v) is 4.51. The van der Waals surface area contributed by atoms with E-state index < -0.39 is 0 Å². The van der Waals surface area contributed by atoms with E-state index in [0.29, 0.717) is 48.9 Å². The van der Waals surface area contributed by atoms with Gasteiger partial charge in [0.05, 0.1) is 19.0 Å². The Hall–Kier alpha value is -2.26. The molecule has 4 rings (SSSR count). The molecule has 1 saturated heterocycles. The highest BCUT2D eigenvalue weighted by Crippen LogP contribution is 2.36. The van der Waals surface area contributed by atoms with Crippen molar-refractivity contribution >= 4 is 17.7 Å². The maximum absolute atomic E-state index is 12.1. The normalized spacial score (nSPS) is 16.4. The summed E-state index contributed by atoms with van der Waals surface area (Å²) in [4.78, 5) is 13.9. The van der Waals surface area contributed by atoms with Crippen molar-refractivity contribution in [3.8, 4) is 23.0 Å². The zero-order chi connectivity index (χ0) is 16.4. The van der Waals surface area contributed by atoms with Gasteiger partial charge in [0.15, 0.2) is 11.5 Å². The molecule has 0 aliphatic carbocycles. The minimum atomic E-state index is 0.0473. The first-order valence-corrected chi connectivity index (χ1v) is 8.50. The Morgan fingerprint density at radius 1 is 1.17 bits per heavy atom. The number of benzene rings is 1. The third-order valence-electron chi connectivity index (χ3n) is 3.71. The van der Waals surface area contributed by atoms with Crippen LogP contribution in [0.15, 0.2) is 27.8 Å². The van der Waals surface area contributed by atoms with Crippen molar-refractivity contribution in [2.24, 2.45) is 0 Å². The number of hydrogen-bond acceptors (Lipinski definition) is 8. The Morgan fingerprint density at radius 2 is 2.00 bits per heavy atom. The van der Waals surface area contributed by atoms with Crippen LogP contribution in [0.3, 0.4) is 0 Å². The number of thioether (sulfide) groups is 1. The number of amides is 1. The monoisotopic (exact) mass is 349 g/mol. The van der Waals surface area contributed by atoms with Crippen molar-refractivity contribution in [1.82, 2.24) is 15.1 Å². The molecule has 0 radical (unpaired) electrons. The molecular weight excluding hydrogens is 334 g/mol. The lowest BCUT2D eigenvalue weighted by Gasteiger charge is -2.26. The molecule has 3 heterocycles. The number of morpholine rings is 1. The van der Waals surface area contributed by atoms with Crippen LogP contribution in [0.5, 0.6) is 11.5 Å². The van der Waals surface area contributed by atoms with Crippen LogP contribution in [0.25, 0.3) is 11.5 Å². The number of ether oxygens (including phenoxy) is 3. The molecule has 2 aromatic rings. The Kier molecular flexibility index (Phi) is 4.26. The molecule has 0 spiro atoms. The standard InChI is InChI=1S/C15H15N3O5S/c19-13(18-3-5-20-6-4-18)8-24-15-17-16-14(23-15)10-1-2-11-12(7-10)22-9-21-11/h1-2,7H,3-6,8-9H2. The average Bonchev–Trinajstić information content (AvgIpc) is 3.29. The molecule has 24 heavy (non-hydrogen) atoms. The van der Waals surface area contributed by atoms with Crippen molar-refractivity contribution in [2.75, 3.05) is 38.8 Å². The summed E-state index contributed by atoms with van der Waals surface area (Å²) < 4.78 is 21.5. The Balaban J connectivity index is 1.39. The molecule has 0 saturated carbocycles. The number of rotatable bonds is 4. The number of fused-ring (bicyclic) bond motifs is 1. The predicted molar refractivity (Wildman–Crippen MR) is 84.0 cm³/mol. The summed E-state index contributed by atoms with van der Waals surface area (Å²) >= 11 is 1.23. The van der Waals surface area contributed by atoms with Crippen LogP contribution in [0.2, 0.25) is 0 Å². The second-order valence-corrected chi connectivity index (χ2v) is 6.15. The molecule has 8 nitrogen and oxygen atoms in total. The smallest absolute Gasteiger partial charge is 0.277 e. The van der Waals surface area contributed by atoms with E-state index in [1.165, 1.54) is 11.8 Å². The van der Waals surface area contributed by atoms with E-state index in [9.17, 15) is 4.79 Å². The highest BCUT2D eigenvalue weighted by molar-refractivity contribution is 7.99. The molecule has 2 aliphatic rings. The molecule has 0 bridgehead atoms. The fraction of sp³-hybridized carbons (Fsp3) is 0.400. The zero-order valence-electron chi connectivity index (χ0n) is 12.8. The van der Waals surface area contributed by atoms with E-state index in [1.54, 1.807) is 17.0 Å². The van der Waals surface area contributed by atoms with E-state index in [1.807, 2.05) is 6.07 Å². The molecule has 1 amide bonds. The van der Waals surface area contributed by atoms with Gasteiger partial charge in [0, 0.05) is 18.7 Å². The largest absolute Gasteiger partial charge is 0.454 e. The second-order valence-electron chi connectivity index (χ2n) is 5.22.